The predicted molar refractivity (Wildman–Crippen MR) is 120 cm³/mol. The average Bonchev–Trinajstić information content (AvgIpc) is 2.83. The maximum atomic E-state index is 13.2. The lowest BCUT2D eigenvalue weighted by Crippen LogP contribution is -2.24. The number of amides is 1. The Morgan fingerprint density at radius 2 is 1.13 bits per heavy atom. The fraction of sp³-hybridized carbons (Fsp3) is 0. The lowest BCUT2D eigenvalue weighted by atomic mass is 9.83. The molecule has 0 saturated carbocycles. The zero-order valence-corrected chi connectivity index (χ0v) is 16.5. The van der Waals surface area contributed by atoms with E-state index in [4.69, 9.17) is 0 Å². The van der Waals surface area contributed by atoms with Crippen molar-refractivity contribution in [3.05, 3.63) is 125 Å². The number of nitrogens with one attached hydrogen (secondary N) is 1. The molecule has 0 fully saturated rings. The van der Waals surface area contributed by atoms with Gasteiger partial charge in [0.1, 0.15) is 0 Å². The predicted octanol–water partition coefficient (Wildman–Crippen LogP) is 5.38. The van der Waals surface area contributed by atoms with Crippen molar-refractivity contribution in [1.82, 2.24) is 0 Å². The van der Waals surface area contributed by atoms with Gasteiger partial charge in [-0.25, -0.2) is 0 Å². The Balaban J connectivity index is 1.56. The number of benzene rings is 4. The minimum atomic E-state index is -0.341. The molecular formula is C27H17NO3. The van der Waals surface area contributed by atoms with Crippen molar-refractivity contribution in [2.45, 2.75) is 0 Å². The van der Waals surface area contributed by atoms with Gasteiger partial charge in [-0.1, -0.05) is 84.9 Å². The Kier molecular flexibility index (Phi) is 4.53. The molecule has 31 heavy (non-hydrogen) atoms. The van der Waals surface area contributed by atoms with Crippen LogP contribution in [0.4, 0.5) is 5.69 Å². The zero-order chi connectivity index (χ0) is 21.4. The molecule has 0 saturated heterocycles. The molecule has 0 radical (unpaired) electrons. The first-order valence-corrected chi connectivity index (χ1v) is 9.92. The second kappa shape index (κ2) is 7.50. The van der Waals surface area contributed by atoms with E-state index in [-0.39, 0.29) is 23.0 Å². The second-order valence-electron chi connectivity index (χ2n) is 7.30. The number of ketones is 2. The van der Waals surface area contributed by atoms with Gasteiger partial charge < -0.3 is 5.32 Å². The first-order chi connectivity index (χ1) is 15.1. The molecule has 1 amide bonds. The smallest absolute Gasteiger partial charge is 0.256 e. The van der Waals surface area contributed by atoms with E-state index in [1.165, 1.54) is 0 Å². The zero-order valence-electron chi connectivity index (χ0n) is 16.5. The van der Waals surface area contributed by atoms with E-state index < -0.39 is 0 Å². The van der Waals surface area contributed by atoms with E-state index in [0.717, 1.165) is 11.1 Å². The third kappa shape index (κ3) is 3.15. The number of carbonyl (C=O) groups is 3. The largest absolute Gasteiger partial charge is 0.321 e. The molecule has 1 aliphatic rings. The first-order valence-electron chi connectivity index (χ1n) is 9.92. The summed E-state index contributed by atoms with van der Waals surface area (Å²) in [6.07, 6.45) is 0. The highest BCUT2D eigenvalue weighted by molar-refractivity contribution is 6.30. The van der Waals surface area contributed by atoms with Gasteiger partial charge in [-0.2, -0.15) is 0 Å². The van der Waals surface area contributed by atoms with Gasteiger partial charge in [0.2, 0.25) is 0 Å². The number of carbonyl (C=O) groups excluding carboxylic acids is 3. The van der Waals surface area contributed by atoms with Crippen LogP contribution in [-0.4, -0.2) is 17.5 Å². The lowest BCUT2D eigenvalue weighted by Gasteiger charge is -2.20. The molecule has 4 nitrogen and oxygen atoms in total. The quantitative estimate of drug-likeness (QED) is 0.440. The Morgan fingerprint density at radius 3 is 1.87 bits per heavy atom. The lowest BCUT2D eigenvalue weighted by molar-refractivity contribution is 0.0978. The van der Waals surface area contributed by atoms with E-state index >= 15 is 0 Å². The molecular weight excluding hydrogens is 386 g/mol. The van der Waals surface area contributed by atoms with Gasteiger partial charge in [-0.3, -0.25) is 14.4 Å². The van der Waals surface area contributed by atoms with E-state index in [1.54, 1.807) is 54.6 Å². The van der Waals surface area contributed by atoms with Crippen LogP contribution in [0.5, 0.6) is 0 Å². The summed E-state index contributed by atoms with van der Waals surface area (Å²) >= 11 is 0. The molecule has 4 heteroatoms. The van der Waals surface area contributed by atoms with E-state index in [9.17, 15) is 14.4 Å². The summed E-state index contributed by atoms with van der Waals surface area (Å²) in [6, 6.07) is 28.7. The molecule has 4 aromatic carbocycles. The second-order valence-corrected chi connectivity index (χ2v) is 7.30. The molecule has 148 valence electrons. The highest BCUT2D eigenvalue weighted by Crippen LogP contribution is 2.32. The average molecular weight is 403 g/mol. The molecule has 0 unspecified atom stereocenters. The van der Waals surface area contributed by atoms with Crippen molar-refractivity contribution in [3.8, 4) is 11.1 Å². The summed E-state index contributed by atoms with van der Waals surface area (Å²) in [5, 5.41) is 2.87. The summed E-state index contributed by atoms with van der Waals surface area (Å²) in [4.78, 5) is 39.3. The molecule has 0 bridgehead atoms. The molecule has 0 aromatic heterocycles. The van der Waals surface area contributed by atoms with Crippen LogP contribution in [0.15, 0.2) is 97.1 Å². The number of hydrogen-bond donors (Lipinski definition) is 1. The summed E-state index contributed by atoms with van der Waals surface area (Å²) in [5.41, 5.74) is 3.81. The van der Waals surface area contributed by atoms with Crippen LogP contribution in [0.25, 0.3) is 11.1 Å². The molecule has 1 N–H and O–H groups in total. The molecule has 0 spiro atoms. The summed E-state index contributed by atoms with van der Waals surface area (Å²) in [5.74, 6) is -0.824. The topological polar surface area (TPSA) is 63.2 Å². The standard InChI is InChI=1S/C27H17NO3/c29-25-19-12-5-6-13-20(19)26(30)24-22(25)15-8-16-23(24)28-27(31)21-14-7-4-11-18(21)17-9-2-1-3-10-17/h1-16H,(H,28,31). The summed E-state index contributed by atoms with van der Waals surface area (Å²) in [6.45, 7) is 0. The van der Waals surface area contributed by atoms with E-state index in [1.807, 2.05) is 42.5 Å². The molecule has 1 aliphatic carbocycles. The Morgan fingerprint density at radius 1 is 0.548 bits per heavy atom. The van der Waals surface area contributed by atoms with Crippen molar-refractivity contribution in [2.24, 2.45) is 0 Å². The minimum Gasteiger partial charge on any atom is -0.321 e. The van der Waals surface area contributed by atoms with Crippen LogP contribution >= 0.6 is 0 Å². The van der Waals surface area contributed by atoms with Gasteiger partial charge in [0.05, 0.1) is 11.3 Å². The molecule has 4 aromatic rings. The van der Waals surface area contributed by atoms with Gasteiger partial charge in [0, 0.05) is 22.3 Å². The van der Waals surface area contributed by atoms with Crippen LogP contribution < -0.4 is 5.32 Å². The van der Waals surface area contributed by atoms with Crippen molar-refractivity contribution in [1.29, 1.82) is 0 Å². The Labute approximate surface area is 179 Å². The Hall–Kier alpha value is -4.31. The number of rotatable bonds is 3. The van der Waals surface area contributed by atoms with Crippen LogP contribution in [0, 0.1) is 0 Å². The number of anilines is 1. The van der Waals surface area contributed by atoms with Crippen molar-refractivity contribution in [2.75, 3.05) is 5.32 Å². The monoisotopic (exact) mass is 403 g/mol. The van der Waals surface area contributed by atoms with Crippen molar-refractivity contribution in [3.63, 3.8) is 0 Å². The third-order valence-electron chi connectivity index (χ3n) is 5.46. The highest BCUT2D eigenvalue weighted by Gasteiger charge is 2.31. The maximum Gasteiger partial charge on any atom is 0.256 e. The highest BCUT2D eigenvalue weighted by atomic mass is 16.2. The summed E-state index contributed by atoms with van der Waals surface area (Å²) < 4.78 is 0. The van der Waals surface area contributed by atoms with Crippen molar-refractivity contribution < 1.29 is 14.4 Å². The van der Waals surface area contributed by atoms with Gasteiger partial charge in [-0.15, -0.1) is 0 Å². The minimum absolute atomic E-state index is 0.217. The van der Waals surface area contributed by atoms with Gasteiger partial charge in [-0.05, 0) is 23.3 Å². The molecule has 0 aliphatic heterocycles. The SMILES string of the molecule is O=C(Nc1cccc2c1C(=O)c1ccccc1C2=O)c1ccccc1-c1ccccc1. The van der Waals surface area contributed by atoms with E-state index in [2.05, 4.69) is 5.32 Å². The Bertz CT molecular complexity index is 1360. The number of fused-ring (bicyclic) bond motifs is 2. The van der Waals surface area contributed by atoms with Crippen molar-refractivity contribution >= 4 is 23.2 Å². The van der Waals surface area contributed by atoms with Gasteiger partial charge >= 0.3 is 0 Å². The first kappa shape index (κ1) is 18.7. The van der Waals surface area contributed by atoms with Crippen LogP contribution in [0.1, 0.15) is 42.2 Å². The van der Waals surface area contributed by atoms with Gasteiger partial charge in [0.15, 0.2) is 11.6 Å². The number of hydrogen-bond acceptors (Lipinski definition) is 3. The van der Waals surface area contributed by atoms with Crippen LogP contribution in [-0.2, 0) is 0 Å². The third-order valence-corrected chi connectivity index (χ3v) is 5.46. The molecule has 0 heterocycles. The van der Waals surface area contributed by atoms with Crippen LogP contribution in [0.2, 0.25) is 0 Å². The molecule has 5 rings (SSSR count). The summed E-state index contributed by atoms with van der Waals surface area (Å²) in [7, 11) is 0. The normalized spacial score (nSPS) is 12.1. The molecule has 0 atom stereocenters. The van der Waals surface area contributed by atoms with Crippen LogP contribution in [0.3, 0.4) is 0 Å². The van der Waals surface area contributed by atoms with E-state index in [0.29, 0.717) is 27.9 Å². The van der Waals surface area contributed by atoms with Gasteiger partial charge in [0.25, 0.3) is 5.91 Å². The maximum absolute atomic E-state index is 13.2. The fourth-order valence-electron chi connectivity index (χ4n) is 3.99. The fourth-order valence-corrected chi connectivity index (χ4v) is 3.99.